The average molecular weight is 609 g/mol. The van der Waals surface area contributed by atoms with Crippen molar-refractivity contribution in [2.75, 3.05) is 6.61 Å². The van der Waals surface area contributed by atoms with Gasteiger partial charge in [0.2, 0.25) is 4.96 Å². The van der Waals surface area contributed by atoms with Crippen LogP contribution in [0, 0.1) is 0 Å². The zero-order valence-electron chi connectivity index (χ0n) is 21.1. The number of hydrogen-bond donors (Lipinski definition) is 0. The van der Waals surface area contributed by atoms with Gasteiger partial charge < -0.3 is 4.74 Å². The van der Waals surface area contributed by atoms with Gasteiger partial charge in [-0.2, -0.15) is 14.6 Å². The van der Waals surface area contributed by atoms with Gasteiger partial charge in [0.1, 0.15) is 12.4 Å². The smallest absolute Gasteiger partial charge is 0.291 e. The molecule has 0 aliphatic carbocycles. The molecule has 0 aliphatic rings. The fourth-order valence-corrected chi connectivity index (χ4v) is 5.27. The predicted octanol–water partition coefficient (Wildman–Crippen LogP) is 6.05. The molecule has 6 aromatic rings. The normalized spacial score (nSPS) is 12.0. The molecular formula is C31H22BrN5O2S. The summed E-state index contributed by atoms with van der Waals surface area (Å²) in [5, 5.41) is 9.27. The molecule has 7 nitrogen and oxygen atoms in total. The molecule has 0 unspecified atom stereocenters. The van der Waals surface area contributed by atoms with Crippen molar-refractivity contribution in [2.45, 2.75) is 0 Å². The minimum atomic E-state index is -0.218. The van der Waals surface area contributed by atoms with Crippen molar-refractivity contribution in [3.05, 3.63) is 134 Å². The van der Waals surface area contributed by atoms with Crippen molar-refractivity contribution in [1.82, 2.24) is 24.4 Å². The number of rotatable bonds is 8. The third-order valence-corrected chi connectivity index (χ3v) is 7.53. The van der Waals surface area contributed by atoms with E-state index in [2.05, 4.69) is 32.6 Å². The van der Waals surface area contributed by atoms with E-state index in [4.69, 9.17) is 9.84 Å². The maximum absolute atomic E-state index is 13.3. The van der Waals surface area contributed by atoms with Gasteiger partial charge in [-0.15, -0.1) is 5.10 Å². The molecule has 0 aliphatic heterocycles. The number of fused-ring (bicyclic) bond motifs is 1. The van der Waals surface area contributed by atoms with Crippen LogP contribution in [0.15, 0.2) is 107 Å². The van der Waals surface area contributed by atoms with E-state index in [1.54, 1.807) is 12.2 Å². The lowest BCUT2D eigenvalue weighted by atomic mass is 10.1. The van der Waals surface area contributed by atoms with Gasteiger partial charge in [-0.3, -0.25) is 4.79 Å². The van der Waals surface area contributed by atoms with E-state index in [1.807, 2.05) is 102 Å². The summed E-state index contributed by atoms with van der Waals surface area (Å²) in [6, 6.07) is 25.5. The molecule has 0 bridgehead atoms. The van der Waals surface area contributed by atoms with E-state index in [1.165, 1.54) is 15.9 Å². The number of hydrogen-bond acceptors (Lipinski definition) is 6. The monoisotopic (exact) mass is 607 g/mol. The highest BCUT2D eigenvalue weighted by Crippen LogP contribution is 2.26. The molecule has 0 radical (unpaired) electrons. The summed E-state index contributed by atoms with van der Waals surface area (Å²) in [5.41, 5.74) is 4.23. The Hall–Kier alpha value is -4.60. The number of nitrogens with zero attached hydrogens (tertiary/aromatic N) is 5. The zero-order chi connectivity index (χ0) is 27.5. The fourth-order valence-electron chi connectivity index (χ4n) is 4.10. The molecule has 0 saturated heterocycles. The average Bonchev–Trinajstić information content (AvgIpc) is 3.67. The Morgan fingerprint density at radius 1 is 0.950 bits per heavy atom. The quantitative estimate of drug-likeness (QED) is 0.197. The second-order valence-corrected chi connectivity index (χ2v) is 10.7. The van der Waals surface area contributed by atoms with Crippen LogP contribution < -0.4 is 14.8 Å². The first-order chi connectivity index (χ1) is 19.6. The summed E-state index contributed by atoms with van der Waals surface area (Å²) >= 11 is 4.80. The summed E-state index contributed by atoms with van der Waals surface area (Å²) in [5.74, 6) is 1.24. The third-order valence-electron chi connectivity index (χ3n) is 6.04. The molecule has 40 heavy (non-hydrogen) atoms. The molecule has 0 atom stereocenters. The maximum atomic E-state index is 13.3. The van der Waals surface area contributed by atoms with Crippen LogP contribution in [0.2, 0.25) is 0 Å². The van der Waals surface area contributed by atoms with E-state index in [-0.39, 0.29) is 5.56 Å². The Balaban J connectivity index is 1.33. The minimum absolute atomic E-state index is 0.218. The molecule has 196 valence electrons. The van der Waals surface area contributed by atoms with Crippen LogP contribution in [-0.4, -0.2) is 31.0 Å². The Morgan fingerprint density at radius 3 is 2.45 bits per heavy atom. The van der Waals surface area contributed by atoms with E-state index >= 15 is 0 Å². The molecule has 0 saturated carbocycles. The number of aromatic nitrogens is 5. The second-order valence-electron chi connectivity index (χ2n) is 8.80. The Morgan fingerprint density at radius 2 is 1.73 bits per heavy atom. The van der Waals surface area contributed by atoms with Gasteiger partial charge in [0.05, 0.1) is 15.9 Å². The first kappa shape index (κ1) is 25.7. The first-order valence-corrected chi connectivity index (χ1v) is 14.0. The summed E-state index contributed by atoms with van der Waals surface area (Å²) in [7, 11) is 0. The van der Waals surface area contributed by atoms with Crippen molar-refractivity contribution in [2.24, 2.45) is 0 Å². The standard InChI is InChI=1S/C31H22BrN5O2S/c1-2-18-39-26-15-8-21(9-16-26)10-17-28-33-31-37(34-28)30(38)27(40-31)19-23-20-36(25-6-4-3-5-7-25)35-29(23)22-11-13-24(32)14-12-22/h2-17,19-20H,1,18H2/b17-10+,27-19-. The topological polar surface area (TPSA) is 74.3 Å². The summed E-state index contributed by atoms with van der Waals surface area (Å²) in [6.07, 6.45) is 9.19. The van der Waals surface area contributed by atoms with Crippen LogP contribution in [0.4, 0.5) is 0 Å². The zero-order valence-corrected chi connectivity index (χ0v) is 23.5. The predicted molar refractivity (Wildman–Crippen MR) is 164 cm³/mol. The van der Waals surface area contributed by atoms with Crippen molar-refractivity contribution < 1.29 is 4.74 Å². The van der Waals surface area contributed by atoms with Crippen molar-refractivity contribution in [3.63, 3.8) is 0 Å². The number of thiazole rings is 1. The fraction of sp³-hybridized carbons (Fsp3) is 0.0323. The van der Waals surface area contributed by atoms with E-state index < -0.39 is 0 Å². The lowest BCUT2D eigenvalue weighted by molar-refractivity contribution is 0.363. The maximum Gasteiger partial charge on any atom is 0.291 e. The van der Waals surface area contributed by atoms with Crippen LogP contribution in [0.5, 0.6) is 5.75 Å². The third kappa shape index (κ3) is 5.42. The SMILES string of the molecule is C=CCOc1ccc(/C=C/c2nc3s/c(=C\c4cn(-c5ccccc5)nc4-c4ccc(Br)cc4)c(=O)n3n2)cc1. The van der Waals surface area contributed by atoms with Crippen LogP contribution in [0.3, 0.4) is 0 Å². The molecule has 9 heteroatoms. The lowest BCUT2D eigenvalue weighted by Crippen LogP contribution is -2.23. The van der Waals surface area contributed by atoms with Crippen molar-refractivity contribution >= 4 is 50.5 Å². The van der Waals surface area contributed by atoms with Crippen LogP contribution in [0.1, 0.15) is 17.0 Å². The molecule has 6 rings (SSSR count). The van der Waals surface area contributed by atoms with Crippen molar-refractivity contribution in [1.29, 1.82) is 0 Å². The highest BCUT2D eigenvalue weighted by molar-refractivity contribution is 9.10. The molecule has 0 spiro atoms. The molecular weight excluding hydrogens is 586 g/mol. The van der Waals surface area contributed by atoms with E-state index in [0.717, 1.165) is 38.3 Å². The lowest BCUT2D eigenvalue weighted by Gasteiger charge is -2.02. The Labute approximate surface area is 242 Å². The van der Waals surface area contributed by atoms with Crippen LogP contribution in [0.25, 0.3) is 40.1 Å². The molecule has 0 amide bonds. The van der Waals surface area contributed by atoms with Crippen molar-refractivity contribution in [3.8, 4) is 22.7 Å². The largest absolute Gasteiger partial charge is 0.490 e. The Bertz CT molecular complexity index is 1940. The van der Waals surface area contributed by atoms with Gasteiger partial charge in [0.25, 0.3) is 5.56 Å². The minimum Gasteiger partial charge on any atom is -0.490 e. The molecule has 0 N–H and O–H groups in total. The van der Waals surface area contributed by atoms with Gasteiger partial charge in [-0.25, -0.2) is 4.68 Å². The highest BCUT2D eigenvalue weighted by Gasteiger charge is 2.14. The van der Waals surface area contributed by atoms with Gasteiger partial charge in [-0.1, -0.05) is 88.5 Å². The molecule has 3 aromatic carbocycles. The van der Waals surface area contributed by atoms with Gasteiger partial charge in [0.15, 0.2) is 5.82 Å². The van der Waals surface area contributed by atoms with Crippen LogP contribution in [-0.2, 0) is 0 Å². The Kier molecular flexibility index (Phi) is 7.22. The summed E-state index contributed by atoms with van der Waals surface area (Å²) in [4.78, 5) is 18.4. The van der Waals surface area contributed by atoms with Gasteiger partial charge in [0, 0.05) is 21.8 Å². The van der Waals surface area contributed by atoms with E-state index in [0.29, 0.717) is 21.9 Å². The first-order valence-electron chi connectivity index (χ1n) is 12.4. The number of para-hydroxylation sites is 1. The number of benzene rings is 3. The van der Waals surface area contributed by atoms with Gasteiger partial charge >= 0.3 is 0 Å². The van der Waals surface area contributed by atoms with Gasteiger partial charge in [-0.05, 0) is 54.1 Å². The molecule has 3 heterocycles. The number of ether oxygens (including phenoxy) is 1. The second kappa shape index (κ2) is 11.3. The van der Waals surface area contributed by atoms with Crippen LogP contribution >= 0.6 is 27.3 Å². The summed E-state index contributed by atoms with van der Waals surface area (Å²) in [6.45, 7) is 4.11. The van der Waals surface area contributed by atoms with E-state index in [9.17, 15) is 4.79 Å². The molecule has 0 fully saturated rings. The summed E-state index contributed by atoms with van der Waals surface area (Å²) < 4.78 is 10.2. The number of halogens is 1. The molecule has 3 aromatic heterocycles. The highest BCUT2D eigenvalue weighted by atomic mass is 79.9.